The average molecular weight is 383 g/mol. The van der Waals surface area contributed by atoms with E-state index < -0.39 is 24.0 Å². The number of anilines is 1. The van der Waals surface area contributed by atoms with E-state index in [1.807, 2.05) is 12.1 Å². The van der Waals surface area contributed by atoms with Crippen LogP contribution in [0.2, 0.25) is 0 Å². The Labute approximate surface area is 164 Å². The zero-order valence-corrected chi connectivity index (χ0v) is 16.3. The highest BCUT2D eigenvalue weighted by atomic mass is 16.5. The summed E-state index contributed by atoms with van der Waals surface area (Å²) in [7, 11) is 1.39. The van der Waals surface area contributed by atoms with Crippen LogP contribution in [0.5, 0.6) is 0 Å². The van der Waals surface area contributed by atoms with E-state index in [2.05, 4.69) is 29.4 Å². The minimum Gasteiger partial charge on any atom is -0.444 e. The Hall–Kier alpha value is -3.35. The first-order chi connectivity index (χ1) is 13.5. The second-order valence-corrected chi connectivity index (χ2v) is 5.98. The summed E-state index contributed by atoms with van der Waals surface area (Å²) in [6.45, 7) is 5.83. The number of nitrogens with one attached hydrogen (secondary N) is 2. The van der Waals surface area contributed by atoms with Crippen LogP contribution in [0, 0.1) is 0 Å². The van der Waals surface area contributed by atoms with Gasteiger partial charge in [0, 0.05) is 31.4 Å². The minimum atomic E-state index is -1.24. The molecule has 3 amide bonds. The summed E-state index contributed by atoms with van der Waals surface area (Å²) in [5, 5.41) is 4.45. The Bertz CT molecular complexity index is 802. The van der Waals surface area contributed by atoms with Crippen molar-refractivity contribution in [1.82, 2.24) is 10.6 Å². The first kappa shape index (κ1) is 21.0. The number of esters is 1. The van der Waals surface area contributed by atoms with Gasteiger partial charge >= 0.3 is 12.0 Å². The molecule has 0 fully saturated rings. The fraction of sp³-hybridized carbons (Fsp3) is 0.286. The van der Waals surface area contributed by atoms with Gasteiger partial charge in [0.05, 0.1) is 5.56 Å². The number of hydrogen-bond acceptors (Lipinski definition) is 5. The summed E-state index contributed by atoms with van der Waals surface area (Å²) in [6.07, 6.45) is -1.24. The highest BCUT2D eigenvalue weighted by Crippen LogP contribution is 2.21. The van der Waals surface area contributed by atoms with Crippen molar-refractivity contribution >= 4 is 23.6 Å². The van der Waals surface area contributed by atoms with E-state index in [-0.39, 0.29) is 0 Å². The normalized spacial score (nSPS) is 11.2. The summed E-state index contributed by atoms with van der Waals surface area (Å²) < 4.78 is 5.44. The van der Waals surface area contributed by atoms with Gasteiger partial charge in [0.15, 0.2) is 0 Å². The fourth-order valence-corrected chi connectivity index (χ4v) is 2.71. The molecule has 2 aromatic carbocycles. The van der Waals surface area contributed by atoms with Crippen molar-refractivity contribution < 1.29 is 19.1 Å². The molecule has 2 N–H and O–H groups in total. The maximum absolute atomic E-state index is 12.6. The summed E-state index contributed by atoms with van der Waals surface area (Å²) in [5.74, 6) is -1.37. The molecule has 0 saturated carbocycles. The van der Waals surface area contributed by atoms with Crippen molar-refractivity contribution in [3.8, 4) is 0 Å². The molecule has 0 bridgehead atoms. The Morgan fingerprint density at radius 3 is 2.11 bits per heavy atom. The molecule has 7 heteroatoms. The largest absolute Gasteiger partial charge is 0.444 e. The molecule has 0 aliphatic heterocycles. The van der Waals surface area contributed by atoms with Gasteiger partial charge in [0.25, 0.3) is 5.91 Å². The van der Waals surface area contributed by atoms with Crippen LogP contribution in [0.1, 0.15) is 35.9 Å². The maximum Gasteiger partial charge on any atom is 0.339 e. The van der Waals surface area contributed by atoms with Gasteiger partial charge in [-0.2, -0.15) is 0 Å². The van der Waals surface area contributed by atoms with Gasteiger partial charge in [-0.1, -0.05) is 30.3 Å². The molecular weight excluding hydrogens is 358 g/mol. The molecule has 0 radical (unpaired) electrons. The van der Waals surface area contributed by atoms with Crippen LogP contribution < -0.4 is 15.5 Å². The molecule has 7 nitrogen and oxygen atoms in total. The Morgan fingerprint density at radius 1 is 0.964 bits per heavy atom. The van der Waals surface area contributed by atoms with Crippen molar-refractivity contribution in [3.05, 3.63) is 65.7 Å². The number of amides is 3. The van der Waals surface area contributed by atoms with Crippen molar-refractivity contribution in [1.29, 1.82) is 0 Å². The SMILES string of the molecule is CCN(CC)c1ccc(C(=O)O[C@H](C(=O)NC(=O)NC)c2ccccc2)cc1. The van der Waals surface area contributed by atoms with Gasteiger partial charge in [0.1, 0.15) is 0 Å². The molecule has 28 heavy (non-hydrogen) atoms. The topological polar surface area (TPSA) is 87.7 Å². The van der Waals surface area contributed by atoms with Crippen LogP contribution in [0.3, 0.4) is 0 Å². The highest BCUT2D eigenvalue weighted by molar-refractivity contribution is 5.99. The third-order valence-corrected chi connectivity index (χ3v) is 4.26. The number of nitrogens with zero attached hydrogens (tertiary/aromatic N) is 1. The lowest BCUT2D eigenvalue weighted by molar-refractivity contribution is -0.129. The summed E-state index contributed by atoms with van der Waals surface area (Å²) in [6, 6.07) is 14.9. The lowest BCUT2D eigenvalue weighted by Crippen LogP contribution is -2.41. The molecule has 0 heterocycles. The van der Waals surface area contributed by atoms with Crippen molar-refractivity contribution in [2.24, 2.45) is 0 Å². The van der Waals surface area contributed by atoms with Crippen LogP contribution in [0.4, 0.5) is 10.5 Å². The van der Waals surface area contributed by atoms with Crippen molar-refractivity contribution in [2.75, 3.05) is 25.0 Å². The third kappa shape index (κ3) is 5.33. The lowest BCUT2D eigenvalue weighted by atomic mass is 10.1. The Balaban J connectivity index is 2.20. The van der Waals surface area contributed by atoms with Crippen LogP contribution in [-0.2, 0) is 9.53 Å². The number of ether oxygens (including phenoxy) is 1. The number of hydrogen-bond donors (Lipinski definition) is 2. The molecule has 148 valence electrons. The van der Waals surface area contributed by atoms with Gasteiger partial charge in [-0.3, -0.25) is 10.1 Å². The number of carbonyl (C=O) groups is 3. The van der Waals surface area contributed by atoms with Gasteiger partial charge in [-0.25, -0.2) is 9.59 Å². The molecule has 2 aromatic rings. The van der Waals surface area contributed by atoms with E-state index in [1.165, 1.54) is 7.05 Å². The summed E-state index contributed by atoms with van der Waals surface area (Å²) in [5.41, 5.74) is 1.79. The smallest absolute Gasteiger partial charge is 0.339 e. The first-order valence-electron chi connectivity index (χ1n) is 9.13. The molecule has 0 spiro atoms. The molecular formula is C21H25N3O4. The van der Waals surface area contributed by atoms with Crippen molar-refractivity contribution in [2.45, 2.75) is 20.0 Å². The summed E-state index contributed by atoms with van der Waals surface area (Å²) in [4.78, 5) is 38.7. The van der Waals surface area contributed by atoms with E-state index >= 15 is 0 Å². The van der Waals surface area contributed by atoms with Crippen LogP contribution >= 0.6 is 0 Å². The molecule has 2 rings (SSSR count). The van der Waals surface area contributed by atoms with Crippen LogP contribution in [0.25, 0.3) is 0 Å². The number of imide groups is 1. The van der Waals surface area contributed by atoms with Gasteiger partial charge in [-0.05, 0) is 38.1 Å². The van der Waals surface area contributed by atoms with E-state index in [1.54, 1.807) is 42.5 Å². The van der Waals surface area contributed by atoms with Crippen LogP contribution in [-0.4, -0.2) is 38.0 Å². The molecule has 0 aromatic heterocycles. The number of carbonyl (C=O) groups excluding carboxylic acids is 3. The third-order valence-electron chi connectivity index (χ3n) is 4.26. The van der Waals surface area contributed by atoms with E-state index in [0.29, 0.717) is 11.1 Å². The maximum atomic E-state index is 12.6. The van der Waals surface area contributed by atoms with Crippen LogP contribution in [0.15, 0.2) is 54.6 Å². The number of urea groups is 1. The molecule has 1 atom stereocenters. The van der Waals surface area contributed by atoms with E-state index in [9.17, 15) is 14.4 Å². The minimum absolute atomic E-state index is 0.324. The molecule has 0 unspecified atom stereocenters. The molecule has 0 aliphatic carbocycles. The number of benzene rings is 2. The number of rotatable bonds is 7. The van der Waals surface area contributed by atoms with Gasteiger partial charge in [-0.15, -0.1) is 0 Å². The second-order valence-electron chi connectivity index (χ2n) is 5.98. The monoisotopic (exact) mass is 383 g/mol. The lowest BCUT2D eigenvalue weighted by Gasteiger charge is -2.21. The Kier molecular flexibility index (Phi) is 7.56. The van der Waals surface area contributed by atoms with Gasteiger partial charge < -0.3 is 15.0 Å². The standard InChI is InChI=1S/C21H25N3O4/c1-4-24(5-2)17-13-11-16(12-14-17)20(26)28-18(15-9-7-6-8-10-15)19(25)23-21(27)22-3/h6-14,18H,4-5H2,1-3H3,(H2,22,23,25,27)/t18-/m0/s1. The van der Waals surface area contributed by atoms with E-state index in [0.717, 1.165) is 18.8 Å². The predicted octanol–water partition coefficient (Wildman–Crippen LogP) is 2.89. The first-order valence-corrected chi connectivity index (χ1v) is 9.13. The van der Waals surface area contributed by atoms with Crippen molar-refractivity contribution in [3.63, 3.8) is 0 Å². The van der Waals surface area contributed by atoms with E-state index in [4.69, 9.17) is 4.74 Å². The average Bonchev–Trinajstić information content (AvgIpc) is 2.73. The molecule has 0 saturated heterocycles. The summed E-state index contributed by atoms with van der Waals surface area (Å²) >= 11 is 0. The zero-order chi connectivity index (χ0) is 20.5. The highest BCUT2D eigenvalue weighted by Gasteiger charge is 2.27. The Morgan fingerprint density at radius 2 is 1.57 bits per heavy atom. The predicted molar refractivity (Wildman–Crippen MR) is 107 cm³/mol. The quantitative estimate of drug-likeness (QED) is 0.718. The molecule has 0 aliphatic rings. The van der Waals surface area contributed by atoms with Gasteiger partial charge in [0.2, 0.25) is 6.10 Å². The second kappa shape index (κ2) is 10.1. The zero-order valence-electron chi connectivity index (χ0n) is 16.3. The fourth-order valence-electron chi connectivity index (χ4n) is 2.71.